The molecule has 0 saturated carbocycles. The Morgan fingerprint density at radius 3 is 2.50 bits per heavy atom. The van der Waals surface area contributed by atoms with Gasteiger partial charge in [0, 0.05) is 17.3 Å². The van der Waals surface area contributed by atoms with Crippen LogP contribution in [0.25, 0.3) is 11.3 Å². The van der Waals surface area contributed by atoms with Crippen LogP contribution in [0.3, 0.4) is 0 Å². The van der Waals surface area contributed by atoms with Gasteiger partial charge in [-0.05, 0) is 36.8 Å². The molecule has 1 aliphatic heterocycles. The first-order chi connectivity index (χ1) is 15.4. The smallest absolute Gasteiger partial charge is 0.267 e. The molecule has 0 spiro atoms. The van der Waals surface area contributed by atoms with E-state index in [1.54, 1.807) is 43.5 Å². The highest BCUT2D eigenvalue weighted by Gasteiger charge is 2.35. The third-order valence-corrected chi connectivity index (χ3v) is 7.16. The summed E-state index contributed by atoms with van der Waals surface area (Å²) in [5.74, 6) is 0.135. The lowest BCUT2D eigenvalue weighted by molar-refractivity contribution is -0.119. The lowest BCUT2D eigenvalue weighted by Crippen LogP contribution is -2.44. The van der Waals surface area contributed by atoms with E-state index < -0.39 is 27.3 Å². The number of anilines is 1. The summed E-state index contributed by atoms with van der Waals surface area (Å²) >= 11 is 0. The van der Waals surface area contributed by atoms with Crippen LogP contribution in [0.5, 0.6) is 5.75 Å². The SMILES string of the molecule is COc1ccccc1-c1ccc(=O)n(CC(=O)N(c2ccccc2)[C@H]2CCS(=O)(=O)C2)n1. The summed E-state index contributed by atoms with van der Waals surface area (Å²) in [5.41, 5.74) is 1.35. The van der Waals surface area contributed by atoms with E-state index in [2.05, 4.69) is 5.10 Å². The number of amides is 1. The minimum atomic E-state index is -3.21. The van der Waals surface area contributed by atoms with Crippen molar-refractivity contribution in [3.63, 3.8) is 0 Å². The molecule has 2 heterocycles. The molecular weight excluding hydrogens is 430 g/mol. The predicted molar refractivity (Wildman–Crippen MR) is 121 cm³/mol. The molecule has 1 saturated heterocycles. The summed E-state index contributed by atoms with van der Waals surface area (Å²) in [6.07, 6.45) is 0.354. The first-order valence-electron chi connectivity index (χ1n) is 10.2. The van der Waals surface area contributed by atoms with Crippen LogP contribution in [0.2, 0.25) is 0 Å². The Bertz CT molecular complexity index is 1290. The van der Waals surface area contributed by atoms with Gasteiger partial charge in [-0.25, -0.2) is 13.1 Å². The van der Waals surface area contributed by atoms with E-state index in [4.69, 9.17) is 4.74 Å². The summed E-state index contributed by atoms with van der Waals surface area (Å²) in [5, 5.41) is 4.38. The van der Waals surface area contributed by atoms with Crippen LogP contribution in [0.4, 0.5) is 5.69 Å². The van der Waals surface area contributed by atoms with Gasteiger partial charge in [0.05, 0.1) is 30.4 Å². The Hall–Kier alpha value is -3.46. The van der Waals surface area contributed by atoms with Crippen molar-refractivity contribution in [2.75, 3.05) is 23.5 Å². The van der Waals surface area contributed by atoms with Crippen LogP contribution in [0.15, 0.2) is 71.5 Å². The monoisotopic (exact) mass is 453 g/mol. The van der Waals surface area contributed by atoms with Gasteiger partial charge in [-0.15, -0.1) is 0 Å². The van der Waals surface area contributed by atoms with Gasteiger partial charge in [0.1, 0.15) is 12.3 Å². The summed E-state index contributed by atoms with van der Waals surface area (Å²) in [7, 11) is -1.66. The molecule has 3 aromatic rings. The number of nitrogens with zero attached hydrogens (tertiary/aromatic N) is 3. The molecule has 2 aromatic carbocycles. The highest BCUT2D eigenvalue weighted by molar-refractivity contribution is 7.91. The fourth-order valence-electron chi connectivity index (χ4n) is 3.89. The van der Waals surface area contributed by atoms with Crippen LogP contribution < -0.4 is 15.2 Å². The number of carbonyl (C=O) groups excluding carboxylic acids is 1. The molecule has 8 nitrogen and oxygen atoms in total. The number of para-hydroxylation sites is 2. The normalized spacial score (nSPS) is 17.1. The largest absolute Gasteiger partial charge is 0.496 e. The van der Waals surface area contributed by atoms with Gasteiger partial charge in [-0.1, -0.05) is 30.3 Å². The van der Waals surface area contributed by atoms with Crippen LogP contribution in [0.1, 0.15) is 6.42 Å². The number of benzene rings is 2. The Kier molecular flexibility index (Phi) is 6.09. The zero-order chi connectivity index (χ0) is 22.7. The zero-order valence-electron chi connectivity index (χ0n) is 17.5. The van der Waals surface area contributed by atoms with Gasteiger partial charge in [-0.2, -0.15) is 5.10 Å². The van der Waals surface area contributed by atoms with Crippen molar-refractivity contribution < 1.29 is 17.9 Å². The van der Waals surface area contributed by atoms with Gasteiger partial charge >= 0.3 is 0 Å². The van der Waals surface area contributed by atoms with Crippen LogP contribution in [-0.4, -0.2) is 48.8 Å². The molecule has 1 atom stereocenters. The van der Waals surface area contributed by atoms with Crippen LogP contribution >= 0.6 is 0 Å². The fourth-order valence-corrected chi connectivity index (χ4v) is 5.59. The highest BCUT2D eigenvalue weighted by atomic mass is 32.2. The van der Waals surface area contributed by atoms with E-state index in [0.717, 1.165) is 4.68 Å². The van der Waals surface area contributed by atoms with Crippen molar-refractivity contribution in [2.24, 2.45) is 0 Å². The van der Waals surface area contributed by atoms with Crippen molar-refractivity contribution in [1.29, 1.82) is 0 Å². The van der Waals surface area contributed by atoms with Crippen molar-refractivity contribution in [1.82, 2.24) is 9.78 Å². The Morgan fingerprint density at radius 1 is 1.09 bits per heavy atom. The minimum absolute atomic E-state index is 0.0375. The number of hydrogen-bond acceptors (Lipinski definition) is 6. The van der Waals surface area contributed by atoms with Crippen LogP contribution in [-0.2, 0) is 21.2 Å². The van der Waals surface area contributed by atoms with E-state index in [9.17, 15) is 18.0 Å². The van der Waals surface area contributed by atoms with Gasteiger partial charge in [-0.3, -0.25) is 9.59 Å². The first kappa shape index (κ1) is 21.8. The average Bonchev–Trinajstić information content (AvgIpc) is 3.15. The standard InChI is InChI=1S/C23H23N3O5S/c1-31-21-10-6-5-9-19(21)20-11-12-22(27)25(24-20)15-23(28)26(17-7-3-2-4-8-17)18-13-14-32(29,30)16-18/h2-12,18H,13-16H2,1H3/t18-/m0/s1. The second-order valence-electron chi connectivity index (χ2n) is 7.57. The highest BCUT2D eigenvalue weighted by Crippen LogP contribution is 2.28. The molecule has 1 aromatic heterocycles. The van der Waals surface area contributed by atoms with E-state index in [1.807, 2.05) is 24.3 Å². The van der Waals surface area contributed by atoms with Crippen molar-refractivity contribution in [3.05, 3.63) is 77.1 Å². The molecule has 0 N–H and O–H groups in total. The van der Waals surface area contributed by atoms with Crippen molar-refractivity contribution in [3.8, 4) is 17.0 Å². The second kappa shape index (κ2) is 8.96. The lowest BCUT2D eigenvalue weighted by Gasteiger charge is -2.28. The maximum absolute atomic E-state index is 13.3. The fraction of sp³-hybridized carbons (Fsp3) is 0.261. The minimum Gasteiger partial charge on any atom is -0.496 e. The molecule has 0 bridgehead atoms. The number of rotatable bonds is 6. The van der Waals surface area contributed by atoms with E-state index in [-0.39, 0.29) is 18.1 Å². The summed E-state index contributed by atoms with van der Waals surface area (Å²) in [6, 6.07) is 18.6. The molecule has 4 rings (SSSR count). The van der Waals surface area contributed by atoms with Crippen LogP contribution in [0, 0.1) is 0 Å². The van der Waals surface area contributed by atoms with Gasteiger partial charge in [0.25, 0.3) is 5.56 Å². The van der Waals surface area contributed by atoms with Gasteiger partial charge < -0.3 is 9.64 Å². The molecule has 166 valence electrons. The second-order valence-corrected chi connectivity index (χ2v) is 9.80. The molecule has 9 heteroatoms. The Labute approximate surface area is 186 Å². The number of sulfone groups is 1. The van der Waals surface area contributed by atoms with Crippen molar-refractivity contribution >= 4 is 21.4 Å². The number of hydrogen-bond donors (Lipinski definition) is 0. The molecule has 0 radical (unpaired) electrons. The summed E-state index contributed by atoms with van der Waals surface area (Å²) in [6.45, 7) is -0.312. The Morgan fingerprint density at radius 2 is 1.81 bits per heavy atom. The number of ether oxygens (including phenoxy) is 1. The van der Waals surface area contributed by atoms with Gasteiger partial charge in [0.15, 0.2) is 9.84 Å². The number of aromatic nitrogens is 2. The maximum Gasteiger partial charge on any atom is 0.267 e. The average molecular weight is 454 g/mol. The first-order valence-corrected chi connectivity index (χ1v) is 12.0. The van der Waals surface area contributed by atoms with Crippen molar-refractivity contribution in [2.45, 2.75) is 19.0 Å². The van der Waals surface area contributed by atoms with E-state index >= 15 is 0 Å². The quantitative estimate of drug-likeness (QED) is 0.567. The number of carbonyl (C=O) groups is 1. The zero-order valence-corrected chi connectivity index (χ0v) is 18.4. The molecule has 0 unspecified atom stereocenters. The third kappa shape index (κ3) is 4.57. The third-order valence-electron chi connectivity index (χ3n) is 5.41. The molecule has 1 aliphatic rings. The molecule has 32 heavy (non-hydrogen) atoms. The lowest BCUT2D eigenvalue weighted by atomic mass is 10.1. The number of methoxy groups -OCH3 is 1. The molecule has 1 amide bonds. The van der Waals surface area contributed by atoms with Gasteiger partial charge in [0.2, 0.25) is 5.91 Å². The maximum atomic E-state index is 13.3. The Balaban J connectivity index is 1.67. The molecule has 0 aliphatic carbocycles. The van der Waals surface area contributed by atoms with E-state index in [0.29, 0.717) is 29.1 Å². The molecular formula is C23H23N3O5S. The summed E-state index contributed by atoms with van der Waals surface area (Å²) < 4.78 is 30.6. The van der Waals surface area contributed by atoms with E-state index in [1.165, 1.54) is 11.0 Å². The summed E-state index contributed by atoms with van der Waals surface area (Å²) in [4.78, 5) is 27.3. The predicted octanol–water partition coefficient (Wildman–Crippen LogP) is 2.14. The molecule has 1 fully saturated rings. The topological polar surface area (TPSA) is 98.6 Å².